The van der Waals surface area contributed by atoms with Gasteiger partial charge in [-0.2, -0.15) is 0 Å². The van der Waals surface area contributed by atoms with Gasteiger partial charge in [0.1, 0.15) is 0 Å². The lowest BCUT2D eigenvalue weighted by Gasteiger charge is -2.02. The first kappa shape index (κ1) is 13.8. The van der Waals surface area contributed by atoms with Gasteiger partial charge >= 0.3 is 5.97 Å². The monoisotopic (exact) mass is 250 g/mol. The fourth-order valence-electron chi connectivity index (χ4n) is 1.30. The van der Waals surface area contributed by atoms with E-state index < -0.39 is 0 Å². The van der Waals surface area contributed by atoms with Crippen LogP contribution in [0.1, 0.15) is 20.3 Å². The molecule has 1 aromatic carbocycles. The van der Waals surface area contributed by atoms with E-state index in [1.165, 1.54) is 4.90 Å². The zero-order chi connectivity index (χ0) is 12.5. The molecular weight excluding hydrogens is 232 g/mol. The molecule has 0 saturated carbocycles. The van der Waals surface area contributed by atoms with Crippen LogP contribution in [0.25, 0.3) is 0 Å². The van der Waals surface area contributed by atoms with E-state index in [0.717, 1.165) is 17.7 Å². The Morgan fingerprint density at radius 1 is 1.35 bits per heavy atom. The molecule has 0 spiro atoms. The van der Waals surface area contributed by atoms with Crippen molar-refractivity contribution in [3.05, 3.63) is 42.0 Å². The van der Waals surface area contributed by atoms with Crippen molar-refractivity contribution in [3.63, 3.8) is 0 Å². The van der Waals surface area contributed by atoms with Crippen LogP contribution < -0.4 is 0 Å². The van der Waals surface area contributed by atoms with Crippen molar-refractivity contribution in [1.29, 1.82) is 0 Å². The number of ether oxygens (including phenoxy) is 1. The highest BCUT2D eigenvalue weighted by Gasteiger charge is 1.99. The minimum Gasteiger partial charge on any atom is -0.463 e. The molecule has 92 valence electrons. The summed E-state index contributed by atoms with van der Waals surface area (Å²) in [6.45, 7) is 4.20. The van der Waals surface area contributed by atoms with E-state index in [1.807, 2.05) is 32.0 Å². The van der Waals surface area contributed by atoms with Crippen molar-refractivity contribution in [2.75, 3.05) is 12.4 Å². The number of rotatable bonds is 6. The molecule has 3 heteroatoms. The summed E-state index contributed by atoms with van der Waals surface area (Å²) in [5.41, 5.74) is 1.06. The second-order valence-electron chi connectivity index (χ2n) is 3.65. The van der Waals surface area contributed by atoms with Gasteiger partial charge in [0.05, 0.1) is 6.61 Å². The first-order valence-electron chi connectivity index (χ1n) is 5.74. The van der Waals surface area contributed by atoms with Gasteiger partial charge in [0.15, 0.2) is 0 Å². The van der Waals surface area contributed by atoms with Gasteiger partial charge in [-0.25, -0.2) is 4.79 Å². The third kappa shape index (κ3) is 6.17. The molecule has 0 fully saturated rings. The van der Waals surface area contributed by atoms with Gasteiger partial charge in [-0.05, 0) is 32.4 Å². The fourth-order valence-corrected chi connectivity index (χ4v) is 2.31. The molecule has 0 N–H and O–H groups in total. The number of benzene rings is 1. The Labute approximate surface area is 107 Å². The molecule has 0 heterocycles. The standard InChI is InChI=1S/C14H18O2S/c1-3-16-14(15)11-12(2)9-10-17-13-7-5-4-6-8-13/h4-8,11H,3,9-10H2,1-2H3/b12-11+. The van der Waals surface area contributed by atoms with Crippen LogP contribution in [0.2, 0.25) is 0 Å². The van der Waals surface area contributed by atoms with E-state index in [1.54, 1.807) is 17.8 Å². The predicted octanol–water partition coefficient (Wildman–Crippen LogP) is 3.68. The molecule has 0 aliphatic rings. The summed E-state index contributed by atoms with van der Waals surface area (Å²) in [6.07, 6.45) is 2.48. The summed E-state index contributed by atoms with van der Waals surface area (Å²) in [5.74, 6) is 0.737. The average molecular weight is 250 g/mol. The maximum atomic E-state index is 11.2. The van der Waals surface area contributed by atoms with E-state index in [2.05, 4.69) is 12.1 Å². The van der Waals surface area contributed by atoms with Gasteiger partial charge < -0.3 is 4.74 Å². The van der Waals surface area contributed by atoms with Crippen LogP contribution in [0.4, 0.5) is 0 Å². The third-order valence-corrected chi connectivity index (χ3v) is 3.17. The topological polar surface area (TPSA) is 26.3 Å². The van der Waals surface area contributed by atoms with E-state index in [-0.39, 0.29) is 5.97 Å². The van der Waals surface area contributed by atoms with Crippen LogP contribution in [0.15, 0.2) is 46.9 Å². The molecule has 0 amide bonds. The Balaban J connectivity index is 2.29. The Kier molecular flexibility index (Phi) is 6.48. The first-order chi connectivity index (χ1) is 8.22. The molecular formula is C14H18O2S. The summed E-state index contributed by atoms with van der Waals surface area (Å²) in [7, 11) is 0. The van der Waals surface area contributed by atoms with Crippen LogP contribution in [0.3, 0.4) is 0 Å². The van der Waals surface area contributed by atoms with Crippen molar-refractivity contribution in [2.24, 2.45) is 0 Å². The molecule has 0 saturated heterocycles. The Morgan fingerprint density at radius 2 is 2.06 bits per heavy atom. The average Bonchev–Trinajstić information content (AvgIpc) is 2.30. The molecule has 0 atom stereocenters. The molecule has 17 heavy (non-hydrogen) atoms. The second kappa shape index (κ2) is 7.96. The largest absolute Gasteiger partial charge is 0.463 e. The molecule has 0 radical (unpaired) electrons. The summed E-state index contributed by atoms with van der Waals surface area (Å²) >= 11 is 1.80. The summed E-state index contributed by atoms with van der Waals surface area (Å²) in [4.78, 5) is 12.4. The van der Waals surface area contributed by atoms with Crippen molar-refractivity contribution in [3.8, 4) is 0 Å². The van der Waals surface area contributed by atoms with Crippen molar-refractivity contribution in [1.82, 2.24) is 0 Å². The maximum absolute atomic E-state index is 11.2. The lowest BCUT2D eigenvalue weighted by molar-refractivity contribution is -0.137. The van der Waals surface area contributed by atoms with E-state index in [0.29, 0.717) is 6.61 Å². The molecule has 1 aromatic rings. The van der Waals surface area contributed by atoms with Crippen LogP contribution in [0.5, 0.6) is 0 Å². The molecule has 1 rings (SSSR count). The van der Waals surface area contributed by atoms with Gasteiger partial charge in [-0.1, -0.05) is 23.8 Å². The van der Waals surface area contributed by atoms with Crippen molar-refractivity contribution < 1.29 is 9.53 Å². The van der Waals surface area contributed by atoms with Gasteiger partial charge in [0, 0.05) is 16.7 Å². The second-order valence-corrected chi connectivity index (χ2v) is 4.82. The number of allylic oxidation sites excluding steroid dienone is 1. The molecule has 0 unspecified atom stereocenters. The zero-order valence-corrected chi connectivity index (χ0v) is 11.1. The van der Waals surface area contributed by atoms with Gasteiger partial charge in [0.25, 0.3) is 0 Å². The summed E-state index contributed by atoms with van der Waals surface area (Å²) < 4.78 is 4.86. The zero-order valence-electron chi connectivity index (χ0n) is 10.3. The van der Waals surface area contributed by atoms with Crippen LogP contribution >= 0.6 is 11.8 Å². The Bertz CT molecular complexity index is 371. The lowest BCUT2D eigenvalue weighted by atomic mass is 10.2. The van der Waals surface area contributed by atoms with E-state index in [9.17, 15) is 4.79 Å². The first-order valence-corrected chi connectivity index (χ1v) is 6.72. The quantitative estimate of drug-likeness (QED) is 0.437. The molecule has 0 aromatic heterocycles. The number of esters is 1. The minimum atomic E-state index is -0.241. The van der Waals surface area contributed by atoms with Crippen LogP contribution in [-0.2, 0) is 9.53 Å². The summed E-state index contributed by atoms with van der Waals surface area (Å²) in [5, 5.41) is 0. The SMILES string of the molecule is CCOC(=O)/C=C(\C)CCSc1ccccc1. The highest BCUT2D eigenvalue weighted by atomic mass is 32.2. The number of carbonyl (C=O) groups excluding carboxylic acids is 1. The fraction of sp³-hybridized carbons (Fsp3) is 0.357. The summed E-state index contributed by atoms with van der Waals surface area (Å²) in [6, 6.07) is 10.3. The lowest BCUT2D eigenvalue weighted by Crippen LogP contribution is -2.00. The highest BCUT2D eigenvalue weighted by Crippen LogP contribution is 2.19. The number of carbonyl (C=O) groups is 1. The molecule has 2 nitrogen and oxygen atoms in total. The van der Waals surface area contributed by atoms with E-state index in [4.69, 9.17) is 4.74 Å². The highest BCUT2D eigenvalue weighted by molar-refractivity contribution is 7.99. The van der Waals surface area contributed by atoms with Crippen molar-refractivity contribution >= 4 is 17.7 Å². The number of hydrogen-bond acceptors (Lipinski definition) is 3. The Morgan fingerprint density at radius 3 is 2.71 bits per heavy atom. The molecule has 0 aliphatic heterocycles. The molecule has 0 aliphatic carbocycles. The maximum Gasteiger partial charge on any atom is 0.330 e. The minimum absolute atomic E-state index is 0.241. The third-order valence-electron chi connectivity index (χ3n) is 2.16. The van der Waals surface area contributed by atoms with Gasteiger partial charge in [-0.15, -0.1) is 11.8 Å². The van der Waals surface area contributed by atoms with Gasteiger partial charge in [-0.3, -0.25) is 0 Å². The molecule has 0 bridgehead atoms. The van der Waals surface area contributed by atoms with Crippen LogP contribution in [0, 0.1) is 0 Å². The Hall–Kier alpha value is -1.22. The number of hydrogen-bond donors (Lipinski definition) is 0. The normalized spacial score (nSPS) is 11.3. The van der Waals surface area contributed by atoms with Gasteiger partial charge in [0.2, 0.25) is 0 Å². The van der Waals surface area contributed by atoms with E-state index >= 15 is 0 Å². The van der Waals surface area contributed by atoms with Crippen LogP contribution in [-0.4, -0.2) is 18.3 Å². The number of thioether (sulfide) groups is 1. The predicted molar refractivity (Wildman–Crippen MR) is 72.2 cm³/mol. The smallest absolute Gasteiger partial charge is 0.330 e. The van der Waals surface area contributed by atoms with Crippen molar-refractivity contribution in [2.45, 2.75) is 25.2 Å².